The largest absolute Gasteiger partial charge is 0.449 e. The first-order valence-corrected chi connectivity index (χ1v) is 7.11. The molecule has 20 heavy (non-hydrogen) atoms. The Morgan fingerprint density at radius 3 is 2.45 bits per heavy atom. The summed E-state index contributed by atoms with van der Waals surface area (Å²) >= 11 is 6.65. The number of hydrogen-bond donors (Lipinski definition) is 1. The van der Waals surface area contributed by atoms with Crippen LogP contribution in [0.5, 0.6) is 11.5 Å². The first-order chi connectivity index (χ1) is 9.51. The number of hydrogen-bond acceptors (Lipinski definition) is 4. The average molecular weight is 403 g/mol. The summed E-state index contributed by atoms with van der Waals surface area (Å²) < 4.78 is 7.10. The minimum absolute atomic E-state index is 0.121. The Morgan fingerprint density at radius 2 is 1.85 bits per heavy atom. The molecule has 5 nitrogen and oxygen atoms in total. The highest BCUT2D eigenvalue weighted by molar-refractivity contribution is 9.11. The van der Waals surface area contributed by atoms with Gasteiger partial charge in [-0.25, -0.2) is 0 Å². The minimum Gasteiger partial charge on any atom is -0.449 e. The maximum absolute atomic E-state index is 11.0. The molecule has 0 aliphatic heterocycles. The molecule has 2 aromatic rings. The van der Waals surface area contributed by atoms with Crippen molar-refractivity contribution >= 4 is 37.5 Å². The highest BCUT2D eigenvalue weighted by Crippen LogP contribution is 2.36. The fourth-order valence-corrected chi connectivity index (χ4v) is 2.69. The lowest BCUT2D eigenvalue weighted by molar-refractivity contribution is -0.385. The van der Waals surface area contributed by atoms with Crippen molar-refractivity contribution in [3.05, 3.63) is 61.0 Å². The molecule has 0 saturated heterocycles. The molecule has 0 spiro atoms. The van der Waals surface area contributed by atoms with Crippen molar-refractivity contribution in [3.63, 3.8) is 0 Å². The van der Waals surface area contributed by atoms with Crippen LogP contribution in [0, 0.1) is 10.1 Å². The second-order valence-corrected chi connectivity index (χ2v) is 5.66. The van der Waals surface area contributed by atoms with Gasteiger partial charge in [-0.2, -0.15) is 0 Å². The maximum Gasteiger partial charge on any atom is 0.311 e. The summed E-state index contributed by atoms with van der Waals surface area (Å²) in [6.45, 7) is -0.261. The van der Waals surface area contributed by atoms with E-state index in [2.05, 4.69) is 31.9 Å². The lowest BCUT2D eigenvalue weighted by Crippen LogP contribution is -1.96. The number of nitrogens with zero attached hydrogens (tertiary/aromatic N) is 1. The van der Waals surface area contributed by atoms with Crippen LogP contribution in [-0.4, -0.2) is 10.0 Å². The van der Waals surface area contributed by atoms with E-state index in [9.17, 15) is 10.1 Å². The molecule has 7 heteroatoms. The zero-order valence-electron chi connectivity index (χ0n) is 10.0. The van der Waals surface area contributed by atoms with E-state index in [1.807, 2.05) is 0 Å². The standard InChI is InChI=1S/C13H9Br2NO4/c14-9-2-4-12(10(15)6-9)20-13-3-1-8(7-17)5-11(13)16(18)19/h1-6,17H,7H2. The van der Waals surface area contributed by atoms with E-state index in [1.165, 1.54) is 12.1 Å². The van der Waals surface area contributed by atoms with Crippen molar-refractivity contribution in [2.24, 2.45) is 0 Å². The van der Waals surface area contributed by atoms with Crippen LogP contribution in [0.4, 0.5) is 5.69 Å². The van der Waals surface area contributed by atoms with Gasteiger partial charge in [-0.15, -0.1) is 0 Å². The van der Waals surface area contributed by atoms with E-state index in [4.69, 9.17) is 9.84 Å². The van der Waals surface area contributed by atoms with Crippen LogP contribution >= 0.6 is 31.9 Å². The third-order valence-electron chi connectivity index (χ3n) is 2.52. The molecule has 0 fully saturated rings. The van der Waals surface area contributed by atoms with Crippen molar-refractivity contribution in [3.8, 4) is 11.5 Å². The van der Waals surface area contributed by atoms with E-state index < -0.39 is 4.92 Å². The molecular weight excluding hydrogens is 394 g/mol. The summed E-state index contributed by atoms with van der Waals surface area (Å²) in [7, 11) is 0. The van der Waals surface area contributed by atoms with E-state index in [1.54, 1.807) is 24.3 Å². The highest BCUT2D eigenvalue weighted by Gasteiger charge is 2.17. The van der Waals surface area contributed by atoms with Gasteiger partial charge >= 0.3 is 5.69 Å². The Kier molecular flexibility index (Phi) is 4.74. The number of ether oxygens (including phenoxy) is 1. The maximum atomic E-state index is 11.0. The molecule has 104 valence electrons. The van der Waals surface area contributed by atoms with Crippen LogP contribution in [-0.2, 0) is 6.61 Å². The van der Waals surface area contributed by atoms with Crippen LogP contribution in [0.3, 0.4) is 0 Å². The molecule has 0 aromatic heterocycles. The molecule has 0 aliphatic rings. The highest BCUT2D eigenvalue weighted by atomic mass is 79.9. The van der Waals surface area contributed by atoms with E-state index in [0.29, 0.717) is 15.8 Å². The van der Waals surface area contributed by atoms with Gasteiger partial charge in [0.05, 0.1) is 16.0 Å². The third-order valence-corrected chi connectivity index (χ3v) is 3.63. The first-order valence-electron chi connectivity index (χ1n) is 5.52. The molecule has 0 atom stereocenters. The summed E-state index contributed by atoms with van der Waals surface area (Å²) in [6, 6.07) is 9.59. The Bertz CT molecular complexity index is 661. The van der Waals surface area contributed by atoms with Gasteiger partial charge in [0, 0.05) is 10.5 Å². The summed E-state index contributed by atoms with van der Waals surface area (Å²) in [5, 5.41) is 20.1. The van der Waals surface area contributed by atoms with Gasteiger partial charge < -0.3 is 9.84 Å². The smallest absolute Gasteiger partial charge is 0.311 e. The Hall–Kier alpha value is -1.44. The number of aliphatic hydroxyl groups is 1. The summed E-state index contributed by atoms with van der Waals surface area (Å²) in [5.41, 5.74) is 0.269. The average Bonchev–Trinajstić information content (AvgIpc) is 2.42. The Morgan fingerprint density at radius 1 is 1.15 bits per heavy atom. The van der Waals surface area contributed by atoms with Gasteiger partial charge in [0.25, 0.3) is 0 Å². The zero-order chi connectivity index (χ0) is 14.7. The first kappa shape index (κ1) is 15.0. The number of nitro groups is 1. The van der Waals surface area contributed by atoms with Gasteiger partial charge in [0.2, 0.25) is 5.75 Å². The van der Waals surface area contributed by atoms with E-state index in [-0.39, 0.29) is 18.0 Å². The summed E-state index contributed by atoms with van der Waals surface area (Å²) in [5.74, 6) is 0.586. The van der Waals surface area contributed by atoms with Gasteiger partial charge in [0.15, 0.2) is 0 Å². The predicted molar refractivity (Wildman–Crippen MR) is 80.9 cm³/mol. The number of benzene rings is 2. The van der Waals surface area contributed by atoms with Crippen molar-refractivity contribution in [1.82, 2.24) is 0 Å². The van der Waals surface area contributed by atoms with Crippen molar-refractivity contribution in [2.75, 3.05) is 0 Å². The fraction of sp³-hybridized carbons (Fsp3) is 0.0769. The molecule has 2 rings (SSSR count). The summed E-state index contributed by atoms with van der Waals surface area (Å²) in [4.78, 5) is 10.5. The summed E-state index contributed by atoms with van der Waals surface area (Å²) in [6.07, 6.45) is 0. The zero-order valence-corrected chi connectivity index (χ0v) is 13.2. The third kappa shape index (κ3) is 3.36. The second kappa shape index (κ2) is 6.34. The van der Waals surface area contributed by atoms with Crippen LogP contribution < -0.4 is 4.74 Å². The van der Waals surface area contributed by atoms with Crippen LogP contribution in [0.15, 0.2) is 45.3 Å². The Balaban J connectivity index is 2.40. The van der Waals surface area contributed by atoms with Crippen molar-refractivity contribution in [2.45, 2.75) is 6.61 Å². The quantitative estimate of drug-likeness (QED) is 0.607. The topological polar surface area (TPSA) is 72.6 Å². The molecule has 0 amide bonds. The Labute approximate surface area is 131 Å². The lowest BCUT2D eigenvalue weighted by atomic mass is 10.2. The van der Waals surface area contributed by atoms with Gasteiger partial charge in [-0.1, -0.05) is 22.0 Å². The van der Waals surface area contributed by atoms with Crippen LogP contribution in [0.25, 0.3) is 0 Å². The molecule has 0 heterocycles. The van der Waals surface area contributed by atoms with Crippen molar-refractivity contribution < 1.29 is 14.8 Å². The SMILES string of the molecule is O=[N+]([O-])c1cc(CO)ccc1Oc1ccc(Br)cc1Br. The monoisotopic (exact) mass is 401 g/mol. The molecule has 0 unspecified atom stereocenters. The second-order valence-electron chi connectivity index (χ2n) is 3.89. The van der Waals surface area contributed by atoms with E-state index in [0.717, 1.165) is 4.47 Å². The number of aliphatic hydroxyl groups excluding tert-OH is 1. The molecule has 0 bridgehead atoms. The number of halogens is 2. The van der Waals surface area contributed by atoms with E-state index >= 15 is 0 Å². The molecule has 1 N–H and O–H groups in total. The molecule has 0 radical (unpaired) electrons. The van der Waals surface area contributed by atoms with Gasteiger partial charge in [0.1, 0.15) is 5.75 Å². The molecular formula is C13H9Br2NO4. The van der Waals surface area contributed by atoms with Gasteiger partial charge in [-0.3, -0.25) is 10.1 Å². The number of rotatable bonds is 4. The molecule has 0 aliphatic carbocycles. The van der Waals surface area contributed by atoms with Gasteiger partial charge in [-0.05, 0) is 45.8 Å². The number of nitro benzene ring substituents is 1. The molecule has 2 aromatic carbocycles. The van der Waals surface area contributed by atoms with Crippen LogP contribution in [0.2, 0.25) is 0 Å². The minimum atomic E-state index is -0.540. The predicted octanol–water partition coefficient (Wildman–Crippen LogP) is 4.40. The fourth-order valence-electron chi connectivity index (χ4n) is 1.57. The normalized spacial score (nSPS) is 10.3. The van der Waals surface area contributed by atoms with Crippen LogP contribution in [0.1, 0.15) is 5.56 Å². The molecule has 0 saturated carbocycles. The lowest BCUT2D eigenvalue weighted by Gasteiger charge is -2.09. The van der Waals surface area contributed by atoms with Crippen molar-refractivity contribution in [1.29, 1.82) is 0 Å².